The summed E-state index contributed by atoms with van der Waals surface area (Å²) in [7, 11) is -4.61. The second kappa shape index (κ2) is 15.5. The van der Waals surface area contributed by atoms with Crippen LogP contribution in [0.1, 0.15) is 71.1 Å². The molecule has 1 unspecified atom stereocenters. The third-order valence-corrected chi connectivity index (χ3v) is 4.00. The molecule has 0 aliphatic heterocycles. The molecule has 0 fully saturated rings. The fraction of sp³-hybridized carbons (Fsp3) is 0.824. The van der Waals surface area contributed by atoms with Crippen LogP contribution in [-0.4, -0.2) is 40.2 Å². The fourth-order valence-electron chi connectivity index (χ4n) is 2.11. The van der Waals surface area contributed by atoms with Crippen LogP contribution in [0, 0.1) is 0 Å². The highest BCUT2D eigenvalue weighted by molar-refractivity contribution is 7.46. The number of carbonyl (C=O) groups is 1. The van der Waals surface area contributed by atoms with E-state index in [0.29, 0.717) is 0 Å². The van der Waals surface area contributed by atoms with Crippen molar-refractivity contribution in [2.75, 3.05) is 13.2 Å². The van der Waals surface area contributed by atoms with Crippen LogP contribution >= 0.6 is 7.82 Å². The largest absolute Gasteiger partial charge is 0.469 e. The van der Waals surface area contributed by atoms with Crippen LogP contribution in [0.4, 0.5) is 0 Å². The number of unbranched alkanes of at least 4 members (excludes halogenated alkanes) is 7. The molecule has 0 amide bonds. The number of hydrogen-bond acceptors (Lipinski definition) is 5. The van der Waals surface area contributed by atoms with E-state index in [0.717, 1.165) is 32.1 Å². The molecule has 0 aliphatic carbocycles. The molecular formula is C17H33O7P. The van der Waals surface area contributed by atoms with Crippen molar-refractivity contribution in [3.05, 3.63) is 12.2 Å². The van der Waals surface area contributed by atoms with Crippen molar-refractivity contribution in [2.45, 2.75) is 77.2 Å². The van der Waals surface area contributed by atoms with E-state index in [2.05, 4.69) is 23.6 Å². The quantitative estimate of drug-likeness (QED) is 0.163. The maximum absolute atomic E-state index is 11.5. The average Bonchev–Trinajstić information content (AvgIpc) is 2.55. The zero-order valence-electron chi connectivity index (χ0n) is 15.1. The van der Waals surface area contributed by atoms with Crippen molar-refractivity contribution in [3.8, 4) is 0 Å². The molecule has 0 aliphatic rings. The molecule has 3 N–H and O–H groups in total. The normalized spacial score (nSPS) is 13.3. The number of ether oxygens (including phenoxy) is 1. The summed E-state index contributed by atoms with van der Waals surface area (Å²) in [6.07, 6.45) is 13.4. The minimum absolute atomic E-state index is 0.281. The molecule has 0 heterocycles. The van der Waals surface area contributed by atoms with Gasteiger partial charge in [-0.15, -0.1) is 0 Å². The van der Waals surface area contributed by atoms with Gasteiger partial charge in [-0.1, -0.05) is 51.2 Å². The third kappa shape index (κ3) is 19.5. The van der Waals surface area contributed by atoms with Crippen LogP contribution in [0.15, 0.2) is 12.2 Å². The van der Waals surface area contributed by atoms with Crippen molar-refractivity contribution in [3.63, 3.8) is 0 Å². The van der Waals surface area contributed by atoms with Crippen molar-refractivity contribution in [1.82, 2.24) is 0 Å². The van der Waals surface area contributed by atoms with Gasteiger partial charge in [0.05, 0.1) is 6.61 Å². The van der Waals surface area contributed by atoms with E-state index in [-0.39, 0.29) is 13.0 Å². The van der Waals surface area contributed by atoms with E-state index in [9.17, 15) is 14.5 Å². The van der Waals surface area contributed by atoms with Crippen LogP contribution in [0.3, 0.4) is 0 Å². The van der Waals surface area contributed by atoms with E-state index in [1.54, 1.807) is 0 Å². The monoisotopic (exact) mass is 380 g/mol. The first kappa shape index (κ1) is 24.3. The molecule has 0 radical (unpaired) electrons. The minimum atomic E-state index is -4.61. The van der Waals surface area contributed by atoms with Gasteiger partial charge in [0, 0.05) is 6.42 Å². The molecule has 0 aromatic carbocycles. The number of carbonyl (C=O) groups excluding carboxylic acids is 1. The number of rotatable bonds is 16. The number of aliphatic hydroxyl groups excluding tert-OH is 1. The summed E-state index contributed by atoms with van der Waals surface area (Å²) in [5, 5.41) is 9.37. The molecule has 0 saturated carbocycles. The summed E-state index contributed by atoms with van der Waals surface area (Å²) in [4.78, 5) is 28.4. The van der Waals surface area contributed by atoms with Gasteiger partial charge in [-0.3, -0.25) is 9.32 Å². The lowest BCUT2D eigenvalue weighted by Gasteiger charge is -2.12. The van der Waals surface area contributed by atoms with Crippen LogP contribution in [0.2, 0.25) is 0 Å². The van der Waals surface area contributed by atoms with E-state index in [1.807, 2.05) is 0 Å². The Morgan fingerprint density at radius 3 is 2.24 bits per heavy atom. The van der Waals surface area contributed by atoms with E-state index in [4.69, 9.17) is 14.5 Å². The van der Waals surface area contributed by atoms with Crippen molar-refractivity contribution >= 4 is 13.8 Å². The molecule has 0 aromatic rings. The first-order valence-corrected chi connectivity index (χ1v) is 10.6. The van der Waals surface area contributed by atoms with Gasteiger partial charge in [-0.25, -0.2) is 4.57 Å². The molecule has 0 bridgehead atoms. The van der Waals surface area contributed by atoms with Gasteiger partial charge in [-0.2, -0.15) is 0 Å². The Hall–Kier alpha value is -0.720. The molecule has 0 saturated heterocycles. The number of esters is 1. The lowest BCUT2D eigenvalue weighted by atomic mass is 10.1. The van der Waals surface area contributed by atoms with E-state index in [1.165, 1.54) is 25.7 Å². The van der Waals surface area contributed by atoms with E-state index < -0.39 is 26.5 Å². The molecule has 0 spiro atoms. The average molecular weight is 380 g/mol. The first-order chi connectivity index (χ1) is 11.8. The number of aliphatic hydroxyl groups is 1. The summed E-state index contributed by atoms with van der Waals surface area (Å²) in [5.74, 6) is -0.422. The molecule has 1 atom stereocenters. The highest BCUT2D eigenvalue weighted by Crippen LogP contribution is 2.35. The summed E-state index contributed by atoms with van der Waals surface area (Å²) in [6, 6.07) is 0. The van der Waals surface area contributed by atoms with Crippen molar-refractivity contribution in [2.24, 2.45) is 0 Å². The van der Waals surface area contributed by atoms with E-state index >= 15 is 0 Å². The lowest BCUT2D eigenvalue weighted by Crippen LogP contribution is -2.23. The first-order valence-electron chi connectivity index (χ1n) is 9.04. The maximum Gasteiger partial charge on any atom is 0.469 e. The van der Waals surface area contributed by atoms with Crippen LogP contribution in [-0.2, 0) is 18.6 Å². The molecule has 25 heavy (non-hydrogen) atoms. The predicted molar refractivity (Wildman–Crippen MR) is 95.9 cm³/mol. The molecular weight excluding hydrogens is 347 g/mol. The van der Waals surface area contributed by atoms with Gasteiger partial charge in [0.1, 0.15) is 12.7 Å². The molecule has 8 heteroatoms. The number of allylic oxidation sites excluding steroid dienone is 2. The van der Waals surface area contributed by atoms with Gasteiger partial charge in [0.15, 0.2) is 0 Å². The Morgan fingerprint density at radius 2 is 1.60 bits per heavy atom. The zero-order valence-corrected chi connectivity index (χ0v) is 16.0. The summed E-state index contributed by atoms with van der Waals surface area (Å²) >= 11 is 0. The fourth-order valence-corrected chi connectivity index (χ4v) is 2.48. The summed E-state index contributed by atoms with van der Waals surface area (Å²) < 4.78 is 19.4. The van der Waals surface area contributed by atoms with Crippen LogP contribution < -0.4 is 0 Å². The standard InChI is InChI=1S/C17H33O7P/c1-2-3-4-5-6-7-8-9-10-11-12-13-17(19)23-14-16(18)15-24-25(20,21)22/h5-6,16,18H,2-4,7-15H2,1H3,(H2,20,21,22). The smallest absolute Gasteiger partial charge is 0.463 e. The van der Waals surface area contributed by atoms with Gasteiger partial charge in [0.25, 0.3) is 0 Å². The number of phosphoric ester groups is 1. The second-order valence-electron chi connectivity index (χ2n) is 6.04. The molecule has 7 nitrogen and oxygen atoms in total. The zero-order chi connectivity index (χ0) is 19.0. The Labute approximate surface area is 150 Å². The Kier molecular flexibility index (Phi) is 15.1. The SMILES string of the molecule is CCCCC=CCCCCCCCC(=O)OCC(O)COP(=O)(O)O. The van der Waals surface area contributed by atoms with Crippen molar-refractivity contribution < 1.29 is 33.5 Å². The predicted octanol–water partition coefficient (Wildman–Crippen LogP) is 3.48. The van der Waals surface area contributed by atoms with Gasteiger partial charge in [-0.05, 0) is 25.7 Å². The Balaban J connectivity index is 3.44. The number of phosphoric acid groups is 1. The molecule has 0 rings (SSSR count). The lowest BCUT2D eigenvalue weighted by molar-refractivity contribution is -0.147. The van der Waals surface area contributed by atoms with Gasteiger partial charge < -0.3 is 19.6 Å². The summed E-state index contributed by atoms with van der Waals surface area (Å²) in [5.41, 5.74) is 0. The maximum atomic E-state index is 11.5. The highest BCUT2D eigenvalue weighted by Gasteiger charge is 2.17. The molecule has 0 aromatic heterocycles. The Bertz CT molecular complexity index is 406. The van der Waals surface area contributed by atoms with Gasteiger partial charge >= 0.3 is 13.8 Å². The topological polar surface area (TPSA) is 113 Å². The van der Waals surface area contributed by atoms with Crippen LogP contribution in [0.5, 0.6) is 0 Å². The van der Waals surface area contributed by atoms with Crippen LogP contribution in [0.25, 0.3) is 0 Å². The minimum Gasteiger partial charge on any atom is -0.463 e. The Morgan fingerprint density at radius 1 is 1.00 bits per heavy atom. The van der Waals surface area contributed by atoms with Gasteiger partial charge in [0.2, 0.25) is 0 Å². The number of hydrogen-bond donors (Lipinski definition) is 3. The second-order valence-corrected chi connectivity index (χ2v) is 7.28. The molecule has 148 valence electrons. The summed E-state index contributed by atoms with van der Waals surface area (Å²) in [6.45, 7) is 1.28. The van der Waals surface area contributed by atoms with Crippen molar-refractivity contribution in [1.29, 1.82) is 0 Å². The third-order valence-electron chi connectivity index (χ3n) is 3.51. The highest BCUT2D eigenvalue weighted by atomic mass is 31.2.